The lowest BCUT2D eigenvalue weighted by molar-refractivity contribution is 0.0858. The zero-order chi connectivity index (χ0) is 23.3. The first-order chi connectivity index (χ1) is 16.7. The number of nitrogens with one attached hydrogen (secondary N) is 1. The molecule has 1 N–H and O–H groups in total. The highest BCUT2D eigenvalue weighted by Crippen LogP contribution is 2.28. The van der Waals surface area contributed by atoms with Crippen molar-refractivity contribution in [2.24, 2.45) is 0 Å². The van der Waals surface area contributed by atoms with Crippen LogP contribution < -0.4 is 5.32 Å². The summed E-state index contributed by atoms with van der Waals surface area (Å²) in [5.41, 5.74) is 6.31. The maximum absolute atomic E-state index is 12.5. The second-order valence-electron chi connectivity index (χ2n) is 8.60. The number of benzene rings is 2. The Morgan fingerprint density at radius 2 is 2.03 bits per heavy atom. The molecule has 2 aromatic heterocycles. The predicted molar refractivity (Wildman–Crippen MR) is 135 cm³/mol. The van der Waals surface area contributed by atoms with Gasteiger partial charge in [0.05, 0.1) is 29.9 Å². The molecule has 0 spiro atoms. The summed E-state index contributed by atoms with van der Waals surface area (Å²) < 4.78 is 7.79. The molecule has 6 nitrogen and oxygen atoms in total. The van der Waals surface area contributed by atoms with E-state index in [1.165, 1.54) is 11.1 Å². The van der Waals surface area contributed by atoms with E-state index in [1.54, 1.807) is 18.0 Å². The smallest absolute Gasteiger partial charge is 0.251 e. The summed E-state index contributed by atoms with van der Waals surface area (Å²) in [6.07, 6.45) is 5.87. The van der Waals surface area contributed by atoms with Crippen molar-refractivity contribution in [3.8, 4) is 0 Å². The molecule has 1 fully saturated rings. The Balaban J connectivity index is 1.31. The summed E-state index contributed by atoms with van der Waals surface area (Å²) in [5, 5.41) is 3.95. The van der Waals surface area contributed by atoms with E-state index in [9.17, 15) is 4.79 Å². The first-order valence-electron chi connectivity index (χ1n) is 11.6. The summed E-state index contributed by atoms with van der Waals surface area (Å²) in [6.45, 7) is 4.16. The van der Waals surface area contributed by atoms with Crippen molar-refractivity contribution in [3.05, 3.63) is 89.2 Å². The average Bonchev–Trinajstić information content (AvgIpc) is 3.51. The first-order valence-corrected chi connectivity index (χ1v) is 12.6. The van der Waals surface area contributed by atoms with E-state index in [4.69, 9.17) is 9.72 Å². The normalized spacial score (nSPS) is 15.6. The van der Waals surface area contributed by atoms with Crippen LogP contribution in [0.25, 0.3) is 11.0 Å². The summed E-state index contributed by atoms with van der Waals surface area (Å²) in [7, 11) is 0. The molecule has 0 bridgehead atoms. The van der Waals surface area contributed by atoms with Gasteiger partial charge in [-0.05, 0) is 54.7 Å². The average molecular weight is 473 g/mol. The lowest BCUT2D eigenvalue weighted by Gasteiger charge is -2.12. The molecule has 0 radical (unpaired) electrons. The molecule has 0 saturated carbocycles. The van der Waals surface area contributed by atoms with Gasteiger partial charge in [-0.15, -0.1) is 0 Å². The predicted octanol–water partition coefficient (Wildman–Crippen LogP) is 4.99. The van der Waals surface area contributed by atoms with Gasteiger partial charge in [0.1, 0.15) is 0 Å². The standard InChI is InChI=1S/C27H28N4O2S/c1-19-5-2-3-6-22(19)18-34-27-30-24-12-13-28-16-25(24)31(27)17-20-8-10-21(11-9-20)26(32)29-15-23-7-4-14-33-23/h2-3,5-6,8-13,16,23H,4,7,14-15,17-18H2,1H3,(H,29,32)/t23-/m1/s1. The van der Waals surface area contributed by atoms with Crippen LogP contribution in [0.3, 0.4) is 0 Å². The number of aromatic nitrogens is 3. The van der Waals surface area contributed by atoms with Gasteiger partial charge < -0.3 is 14.6 Å². The third-order valence-electron chi connectivity index (χ3n) is 6.20. The summed E-state index contributed by atoms with van der Waals surface area (Å²) in [6, 6.07) is 18.2. The number of hydrogen-bond donors (Lipinski definition) is 1. The molecule has 1 amide bonds. The summed E-state index contributed by atoms with van der Waals surface area (Å²) >= 11 is 1.73. The van der Waals surface area contributed by atoms with Gasteiger partial charge in [0, 0.05) is 30.7 Å². The van der Waals surface area contributed by atoms with Gasteiger partial charge in [0.15, 0.2) is 5.16 Å². The third kappa shape index (κ3) is 5.16. The number of fused-ring (bicyclic) bond motifs is 1. The Morgan fingerprint density at radius 3 is 2.82 bits per heavy atom. The quantitative estimate of drug-likeness (QED) is 0.366. The van der Waals surface area contributed by atoms with E-state index < -0.39 is 0 Å². The minimum absolute atomic E-state index is 0.0613. The topological polar surface area (TPSA) is 69.0 Å². The number of nitrogens with zero attached hydrogens (tertiary/aromatic N) is 3. The Morgan fingerprint density at radius 1 is 1.18 bits per heavy atom. The van der Waals surface area contributed by atoms with E-state index in [2.05, 4.69) is 46.1 Å². The number of rotatable bonds is 8. The molecule has 0 aliphatic carbocycles. The minimum atomic E-state index is -0.0613. The number of hydrogen-bond acceptors (Lipinski definition) is 5. The molecule has 1 atom stereocenters. The van der Waals surface area contributed by atoms with Crippen molar-refractivity contribution in [1.29, 1.82) is 0 Å². The molecule has 174 valence electrons. The van der Waals surface area contributed by atoms with Crippen LogP contribution in [0.1, 0.15) is 39.9 Å². The van der Waals surface area contributed by atoms with E-state index in [1.807, 2.05) is 36.5 Å². The third-order valence-corrected chi connectivity index (χ3v) is 7.23. The van der Waals surface area contributed by atoms with E-state index >= 15 is 0 Å². The van der Waals surface area contributed by atoms with E-state index in [0.717, 1.165) is 47.0 Å². The Labute approximate surface area is 203 Å². The Hall–Kier alpha value is -3.16. The molecule has 1 aliphatic rings. The zero-order valence-corrected chi connectivity index (χ0v) is 20.1. The van der Waals surface area contributed by atoms with Crippen LogP contribution in [0.2, 0.25) is 0 Å². The van der Waals surface area contributed by atoms with Gasteiger partial charge in [-0.3, -0.25) is 9.78 Å². The highest BCUT2D eigenvalue weighted by Gasteiger charge is 2.17. The maximum atomic E-state index is 12.5. The van der Waals surface area contributed by atoms with Gasteiger partial charge >= 0.3 is 0 Å². The number of imidazole rings is 1. The second kappa shape index (κ2) is 10.4. The molecule has 5 rings (SSSR count). The molecule has 0 unspecified atom stereocenters. The van der Waals surface area contributed by atoms with Crippen molar-refractivity contribution in [2.75, 3.05) is 13.2 Å². The molecule has 7 heteroatoms. The van der Waals surface area contributed by atoms with Crippen LogP contribution >= 0.6 is 11.8 Å². The molecular formula is C27H28N4O2S. The number of amides is 1. The van der Waals surface area contributed by atoms with Crippen LogP contribution in [-0.4, -0.2) is 39.7 Å². The van der Waals surface area contributed by atoms with Gasteiger partial charge in [0.2, 0.25) is 0 Å². The Kier molecular flexibility index (Phi) is 6.92. The minimum Gasteiger partial charge on any atom is -0.376 e. The molecule has 1 saturated heterocycles. The van der Waals surface area contributed by atoms with Crippen molar-refractivity contribution in [2.45, 2.75) is 43.3 Å². The summed E-state index contributed by atoms with van der Waals surface area (Å²) in [4.78, 5) is 21.7. The highest BCUT2D eigenvalue weighted by atomic mass is 32.2. The largest absolute Gasteiger partial charge is 0.376 e. The number of pyridine rings is 1. The van der Waals surface area contributed by atoms with Crippen molar-refractivity contribution in [1.82, 2.24) is 19.9 Å². The molecule has 2 aromatic carbocycles. The van der Waals surface area contributed by atoms with Crippen LogP contribution in [0.15, 0.2) is 72.1 Å². The summed E-state index contributed by atoms with van der Waals surface area (Å²) in [5.74, 6) is 0.793. The number of aryl methyl sites for hydroxylation is 1. The monoisotopic (exact) mass is 472 g/mol. The molecule has 3 heterocycles. The zero-order valence-electron chi connectivity index (χ0n) is 19.2. The molecule has 34 heavy (non-hydrogen) atoms. The van der Waals surface area contributed by atoms with Crippen molar-refractivity contribution in [3.63, 3.8) is 0 Å². The maximum Gasteiger partial charge on any atom is 0.251 e. The van der Waals surface area contributed by atoms with Gasteiger partial charge in [0.25, 0.3) is 5.91 Å². The van der Waals surface area contributed by atoms with E-state index in [-0.39, 0.29) is 12.0 Å². The first kappa shape index (κ1) is 22.6. The van der Waals surface area contributed by atoms with Crippen molar-refractivity contribution < 1.29 is 9.53 Å². The fourth-order valence-electron chi connectivity index (χ4n) is 4.18. The lowest BCUT2D eigenvalue weighted by Crippen LogP contribution is -2.31. The Bertz CT molecular complexity index is 1280. The number of carbonyl (C=O) groups is 1. The van der Waals surface area contributed by atoms with Crippen LogP contribution in [0.5, 0.6) is 0 Å². The van der Waals surface area contributed by atoms with Crippen LogP contribution in [-0.2, 0) is 17.0 Å². The fourth-order valence-corrected chi connectivity index (χ4v) is 5.27. The van der Waals surface area contributed by atoms with Crippen LogP contribution in [0.4, 0.5) is 0 Å². The van der Waals surface area contributed by atoms with Crippen LogP contribution in [0, 0.1) is 6.92 Å². The molecule has 1 aliphatic heterocycles. The number of ether oxygens (including phenoxy) is 1. The van der Waals surface area contributed by atoms with Crippen molar-refractivity contribution >= 4 is 28.7 Å². The molecule has 4 aromatic rings. The van der Waals surface area contributed by atoms with Gasteiger partial charge in [-0.1, -0.05) is 48.2 Å². The lowest BCUT2D eigenvalue weighted by atomic mass is 10.1. The number of thioether (sulfide) groups is 1. The SMILES string of the molecule is Cc1ccccc1CSc1nc2ccncc2n1Cc1ccc(C(=O)NC[C@H]2CCCO2)cc1. The number of carbonyl (C=O) groups excluding carboxylic acids is 1. The van der Waals surface area contributed by atoms with Gasteiger partial charge in [-0.2, -0.15) is 0 Å². The van der Waals surface area contributed by atoms with E-state index in [0.29, 0.717) is 18.7 Å². The fraction of sp³-hybridized carbons (Fsp3) is 0.296. The second-order valence-corrected chi connectivity index (χ2v) is 9.54. The van der Waals surface area contributed by atoms with Gasteiger partial charge in [-0.25, -0.2) is 4.98 Å². The molecular weight excluding hydrogens is 444 g/mol. The highest BCUT2D eigenvalue weighted by molar-refractivity contribution is 7.98.